The van der Waals surface area contributed by atoms with E-state index in [1.165, 1.54) is 0 Å². The molecule has 150 valence electrons. The normalized spacial score (nSPS) is 24.0. The van der Waals surface area contributed by atoms with Crippen LogP contribution in [0.3, 0.4) is 0 Å². The molecule has 6 nitrogen and oxygen atoms in total. The molecule has 1 N–H and O–H groups in total. The van der Waals surface area contributed by atoms with E-state index in [0.717, 1.165) is 5.46 Å². The number of alkyl halides is 1. The monoisotopic (exact) mass is 387 g/mol. The Labute approximate surface area is 164 Å². The summed E-state index contributed by atoms with van der Waals surface area (Å²) >= 11 is 0. The molecule has 0 unspecified atom stereocenters. The molecule has 0 amide bonds. The van der Waals surface area contributed by atoms with Crippen LogP contribution < -0.4 is 11.0 Å². The van der Waals surface area contributed by atoms with Crippen LogP contribution in [-0.2, 0) is 15.0 Å². The predicted octanol–water partition coefficient (Wildman–Crippen LogP) is 2.11. The fraction of sp³-hybridized carbons (Fsp3) is 0.600. The average molecular weight is 387 g/mol. The number of nitrogens with one attached hydrogen (secondary N) is 1. The number of aromatic nitrogens is 2. The molecule has 3 heterocycles. The second kappa shape index (κ2) is 6.37. The Hall–Kier alpha value is -1.77. The number of halogens is 1. The molecule has 2 fully saturated rings. The van der Waals surface area contributed by atoms with Gasteiger partial charge in [-0.2, -0.15) is 0 Å². The first-order valence-electron chi connectivity index (χ1n) is 9.78. The number of hydrogen-bond donors (Lipinski definition) is 1. The number of rotatable bonds is 2. The summed E-state index contributed by atoms with van der Waals surface area (Å²) in [5.41, 5.74) is -1.62. The molecule has 1 aromatic carbocycles. The Morgan fingerprint density at radius 1 is 1.14 bits per heavy atom. The number of piperidine rings is 1. The van der Waals surface area contributed by atoms with Gasteiger partial charge in [-0.3, -0.25) is 4.79 Å². The minimum atomic E-state index is -1.59. The molecule has 0 atom stereocenters. The number of benzene rings is 1. The van der Waals surface area contributed by atoms with Crippen LogP contribution >= 0.6 is 0 Å². The van der Waals surface area contributed by atoms with Crippen molar-refractivity contribution in [3.63, 3.8) is 0 Å². The van der Waals surface area contributed by atoms with Crippen molar-refractivity contribution in [3.05, 3.63) is 34.4 Å². The molecule has 28 heavy (non-hydrogen) atoms. The summed E-state index contributed by atoms with van der Waals surface area (Å²) in [4.78, 5) is 21.9. The molecule has 2 saturated heterocycles. The third-order valence-electron chi connectivity index (χ3n) is 6.46. The molecule has 0 spiro atoms. The highest BCUT2D eigenvalue weighted by atomic mass is 19.1. The number of hydrogen-bond acceptors (Lipinski definition) is 5. The third kappa shape index (κ3) is 3.17. The molecule has 1 aromatic heterocycles. The van der Waals surface area contributed by atoms with Crippen LogP contribution in [0, 0.1) is 0 Å². The summed E-state index contributed by atoms with van der Waals surface area (Å²) in [6.07, 6.45) is 0.647. The summed E-state index contributed by atoms with van der Waals surface area (Å²) in [6.45, 7) is 9.21. The Morgan fingerprint density at radius 2 is 1.75 bits per heavy atom. The highest BCUT2D eigenvalue weighted by molar-refractivity contribution is 6.62. The van der Waals surface area contributed by atoms with Crippen molar-refractivity contribution in [3.8, 4) is 0 Å². The molecule has 0 radical (unpaired) electrons. The summed E-state index contributed by atoms with van der Waals surface area (Å²) < 4.78 is 27.5. The molecular formula is C20H27BFN3O3. The molecule has 0 saturated carbocycles. The maximum atomic E-state index is 15.4. The van der Waals surface area contributed by atoms with Gasteiger partial charge in [0.25, 0.3) is 5.56 Å². The molecule has 2 aliphatic rings. The Balaban J connectivity index is 1.69. The van der Waals surface area contributed by atoms with Gasteiger partial charge in [-0.15, -0.1) is 0 Å². The minimum Gasteiger partial charge on any atom is -0.399 e. The smallest absolute Gasteiger partial charge is 0.399 e. The fourth-order valence-corrected chi connectivity index (χ4v) is 3.70. The first-order valence-corrected chi connectivity index (χ1v) is 9.78. The zero-order chi connectivity index (χ0) is 20.3. The summed E-state index contributed by atoms with van der Waals surface area (Å²) in [5.74, 6) is 0.126. The molecule has 0 bridgehead atoms. The lowest BCUT2D eigenvalue weighted by molar-refractivity contribution is 0.00578. The Morgan fingerprint density at radius 3 is 2.36 bits per heavy atom. The molecular weight excluding hydrogens is 360 g/mol. The first-order chi connectivity index (χ1) is 13.0. The van der Waals surface area contributed by atoms with Crippen LogP contribution in [0.1, 0.15) is 46.4 Å². The topological polar surface area (TPSA) is 67.5 Å². The highest BCUT2D eigenvalue weighted by Crippen LogP contribution is 2.37. The van der Waals surface area contributed by atoms with Crippen LogP contribution in [0.15, 0.2) is 23.0 Å². The summed E-state index contributed by atoms with van der Waals surface area (Å²) in [5, 5.41) is 0.410. The van der Waals surface area contributed by atoms with Crippen molar-refractivity contribution >= 4 is 23.5 Å². The average Bonchev–Trinajstić information content (AvgIpc) is 2.85. The van der Waals surface area contributed by atoms with Crippen molar-refractivity contribution in [1.29, 1.82) is 0 Å². The van der Waals surface area contributed by atoms with Crippen LogP contribution in [0.25, 0.3) is 10.9 Å². The van der Waals surface area contributed by atoms with Crippen molar-refractivity contribution in [2.24, 2.45) is 0 Å². The maximum Gasteiger partial charge on any atom is 0.494 e. The first kappa shape index (κ1) is 19.5. The van der Waals surface area contributed by atoms with E-state index >= 15 is 4.39 Å². The second-order valence-electron chi connectivity index (χ2n) is 9.05. The molecule has 0 aliphatic carbocycles. The lowest BCUT2D eigenvalue weighted by atomic mass is 9.78. The van der Waals surface area contributed by atoms with E-state index in [2.05, 4.69) is 14.9 Å². The van der Waals surface area contributed by atoms with Crippen molar-refractivity contribution in [1.82, 2.24) is 14.9 Å². The maximum absolute atomic E-state index is 15.4. The van der Waals surface area contributed by atoms with E-state index in [0.29, 0.717) is 36.8 Å². The van der Waals surface area contributed by atoms with E-state index in [1.807, 2.05) is 40.8 Å². The number of nitrogens with zero attached hydrogens (tertiary/aromatic N) is 2. The van der Waals surface area contributed by atoms with Gasteiger partial charge >= 0.3 is 7.12 Å². The van der Waals surface area contributed by atoms with Crippen LogP contribution in [0.4, 0.5) is 4.39 Å². The Bertz CT molecular complexity index is 951. The van der Waals surface area contributed by atoms with Gasteiger partial charge in [0.2, 0.25) is 0 Å². The van der Waals surface area contributed by atoms with E-state index < -0.39 is 24.0 Å². The highest BCUT2D eigenvalue weighted by Gasteiger charge is 2.51. The van der Waals surface area contributed by atoms with E-state index in [1.54, 1.807) is 12.1 Å². The molecule has 8 heteroatoms. The van der Waals surface area contributed by atoms with E-state index in [-0.39, 0.29) is 11.4 Å². The summed E-state index contributed by atoms with van der Waals surface area (Å²) in [7, 11) is 1.41. The van der Waals surface area contributed by atoms with Crippen LogP contribution in [0.2, 0.25) is 0 Å². The minimum absolute atomic E-state index is 0.126. The lowest BCUT2D eigenvalue weighted by Crippen LogP contribution is -2.41. The lowest BCUT2D eigenvalue weighted by Gasteiger charge is -2.33. The second-order valence-corrected chi connectivity index (χ2v) is 9.05. The quantitative estimate of drug-likeness (QED) is 0.800. The fourth-order valence-electron chi connectivity index (χ4n) is 3.70. The van der Waals surface area contributed by atoms with Gasteiger partial charge < -0.3 is 19.2 Å². The zero-order valence-electron chi connectivity index (χ0n) is 17.1. The number of likely N-dealkylation sites (tertiary alicyclic amines) is 1. The predicted molar refractivity (Wildman–Crippen MR) is 108 cm³/mol. The summed E-state index contributed by atoms with van der Waals surface area (Å²) in [6, 6.07) is 5.31. The van der Waals surface area contributed by atoms with E-state index in [9.17, 15) is 4.79 Å². The standard InChI is InChI=1S/C20H27BFN3O3/c1-18(2)19(3,4)28-21(27-18)13-6-7-15-14(12-13)16(26)24-17(23-15)20(22)8-10-25(5)11-9-20/h6-7,12H,8-11H2,1-5H3,(H,23,24,26). The largest absolute Gasteiger partial charge is 0.494 e. The van der Waals surface area contributed by atoms with Crippen molar-refractivity contribution in [2.45, 2.75) is 57.4 Å². The number of H-pyrrole nitrogens is 1. The van der Waals surface area contributed by atoms with Gasteiger partial charge in [-0.1, -0.05) is 6.07 Å². The zero-order valence-corrected chi connectivity index (χ0v) is 17.1. The van der Waals surface area contributed by atoms with Crippen LogP contribution in [0.5, 0.6) is 0 Å². The van der Waals surface area contributed by atoms with Gasteiger partial charge in [-0.25, -0.2) is 9.37 Å². The Kier molecular flexibility index (Phi) is 4.45. The number of fused-ring (bicyclic) bond motifs is 1. The van der Waals surface area contributed by atoms with Crippen molar-refractivity contribution in [2.75, 3.05) is 20.1 Å². The van der Waals surface area contributed by atoms with E-state index in [4.69, 9.17) is 9.31 Å². The van der Waals surface area contributed by atoms with Gasteiger partial charge in [0.1, 0.15) is 5.82 Å². The molecule has 2 aliphatic heterocycles. The molecule has 2 aromatic rings. The number of aromatic amines is 1. The van der Waals surface area contributed by atoms with Gasteiger partial charge in [0.05, 0.1) is 22.1 Å². The van der Waals surface area contributed by atoms with Gasteiger partial charge in [0, 0.05) is 25.9 Å². The van der Waals surface area contributed by atoms with Crippen LogP contribution in [-0.4, -0.2) is 53.3 Å². The third-order valence-corrected chi connectivity index (χ3v) is 6.46. The SMILES string of the molecule is CN1CCC(F)(c2nc3ccc(B4OC(C)(C)C(C)(C)O4)cc3c(=O)[nH]2)CC1. The molecule has 4 rings (SSSR count). The van der Waals surface area contributed by atoms with Gasteiger partial charge in [0.15, 0.2) is 5.67 Å². The van der Waals surface area contributed by atoms with Gasteiger partial charge in [-0.05, 0) is 52.3 Å². The van der Waals surface area contributed by atoms with Crippen molar-refractivity contribution < 1.29 is 13.7 Å².